The van der Waals surface area contributed by atoms with Crippen LogP contribution < -0.4 is 5.73 Å². The van der Waals surface area contributed by atoms with Gasteiger partial charge in [-0.1, -0.05) is 12.2 Å². The van der Waals surface area contributed by atoms with Crippen molar-refractivity contribution in [2.24, 2.45) is 10.7 Å². The first-order chi connectivity index (χ1) is 9.84. The van der Waals surface area contributed by atoms with E-state index in [2.05, 4.69) is 18.2 Å². The molecule has 13 heteroatoms. The highest BCUT2D eigenvalue weighted by Crippen LogP contribution is 2.45. The third-order valence-electron chi connectivity index (χ3n) is 2.29. The number of nitrogens with two attached hydrogens (primary N) is 1. The van der Waals surface area contributed by atoms with Gasteiger partial charge in [-0.05, 0) is 0 Å². The molecule has 0 bridgehead atoms. The highest BCUT2D eigenvalue weighted by molar-refractivity contribution is 7.53. The molecular weight excluding hydrogens is 340 g/mol. The molecule has 0 aromatic rings. The lowest BCUT2D eigenvalue weighted by Gasteiger charge is -2.29. The van der Waals surface area contributed by atoms with Gasteiger partial charge in [0.15, 0.2) is 17.5 Å². The van der Waals surface area contributed by atoms with Crippen LogP contribution in [0.5, 0.6) is 0 Å². The zero-order valence-electron chi connectivity index (χ0n) is 11.3. The van der Waals surface area contributed by atoms with Crippen molar-refractivity contribution in [1.29, 1.82) is 0 Å². The van der Waals surface area contributed by atoms with Crippen LogP contribution in [0.1, 0.15) is 0 Å². The highest BCUT2D eigenvalue weighted by Gasteiger charge is 2.35. The third-order valence-corrected chi connectivity index (χ3v) is 4.49. The topological polar surface area (TPSA) is 194 Å². The van der Waals surface area contributed by atoms with Crippen LogP contribution >= 0.6 is 15.2 Å². The predicted octanol–water partition coefficient (Wildman–Crippen LogP) is -0.933. The number of carbonyl (C=O) groups is 1. The van der Waals surface area contributed by atoms with Gasteiger partial charge in [-0.2, -0.15) is 0 Å². The van der Waals surface area contributed by atoms with Gasteiger partial charge in [0.2, 0.25) is 0 Å². The third kappa shape index (κ3) is 6.10. The van der Waals surface area contributed by atoms with Gasteiger partial charge in [-0.25, -0.2) is 4.99 Å². The molecule has 0 aliphatic rings. The quantitative estimate of drug-likeness (QED) is 0.137. The van der Waals surface area contributed by atoms with Gasteiger partial charge in [0.05, 0.1) is 0 Å². The molecule has 0 rings (SSSR count). The Hall–Kier alpha value is -1.48. The first-order valence-corrected chi connectivity index (χ1v) is 8.88. The molecular formula is C9H17N3O8P2. The Morgan fingerprint density at radius 2 is 1.68 bits per heavy atom. The molecule has 0 aromatic carbocycles. The normalized spacial score (nSPS) is 15.7. The summed E-state index contributed by atoms with van der Waals surface area (Å²) in [6.07, 6.45) is 1.53. The fourth-order valence-electron chi connectivity index (χ4n) is 1.38. The minimum absolute atomic E-state index is 0.474. The number of aliphatic imine (C=N–C) groups is 1. The van der Waals surface area contributed by atoms with Gasteiger partial charge in [-0.3, -0.25) is 13.9 Å². The summed E-state index contributed by atoms with van der Waals surface area (Å²) in [6.45, 7) is 5.36. The van der Waals surface area contributed by atoms with Crippen molar-refractivity contribution in [3.05, 3.63) is 25.3 Å². The molecule has 0 aliphatic carbocycles. The maximum atomic E-state index is 11.3. The van der Waals surface area contributed by atoms with Crippen LogP contribution in [0, 0.1) is 0 Å². The number of nitrogens with zero attached hydrogens (tertiary/aromatic N) is 2. The second kappa shape index (κ2) is 7.68. The van der Waals surface area contributed by atoms with Crippen LogP contribution in [0.4, 0.5) is 0 Å². The average molecular weight is 357 g/mol. The number of carboxylic acids is 1. The fourth-order valence-corrected chi connectivity index (χ4v) is 2.76. The number of hydrogen-bond acceptors (Lipinski definition) is 4. The molecule has 0 fully saturated rings. The van der Waals surface area contributed by atoms with Gasteiger partial charge in [0, 0.05) is 0 Å². The van der Waals surface area contributed by atoms with Crippen molar-refractivity contribution < 1.29 is 38.6 Å². The Labute approximate surface area is 125 Å². The van der Waals surface area contributed by atoms with Crippen LogP contribution in [-0.2, 0) is 13.9 Å². The lowest BCUT2D eigenvalue weighted by molar-refractivity contribution is -0.137. The smallest absolute Gasteiger partial charge is 0.353 e. The zero-order valence-corrected chi connectivity index (χ0v) is 13.0. The molecule has 7 N–H and O–H groups in total. The summed E-state index contributed by atoms with van der Waals surface area (Å²) >= 11 is 0. The number of rotatable bonds is 8. The molecule has 11 nitrogen and oxygen atoms in total. The van der Waals surface area contributed by atoms with Gasteiger partial charge in [0.25, 0.3) is 0 Å². The van der Waals surface area contributed by atoms with Gasteiger partial charge < -0.3 is 35.3 Å². The first-order valence-electron chi connectivity index (χ1n) is 5.51. The van der Waals surface area contributed by atoms with Crippen molar-refractivity contribution in [1.82, 2.24) is 4.90 Å². The predicted molar refractivity (Wildman–Crippen MR) is 78.0 cm³/mol. The molecule has 0 aromatic heterocycles. The Morgan fingerprint density at radius 1 is 1.18 bits per heavy atom. The minimum Gasteiger partial charge on any atom is -0.480 e. The van der Waals surface area contributed by atoms with Crippen LogP contribution in [-0.4, -0.2) is 59.6 Å². The van der Waals surface area contributed by atoms with Crippen molar-refractivity contribution in [2.45, 2.75) is 11.6 Å². The molecule has 0 heterocycles. The first kappa shape index (κ1) is 20.5. The van der Waals surface area contributed by atoms with Crippen LogP contribution in [0.15, 0.2) is 30.3 Å². The lowest BCUT2D eigenvalue weighted by Crippen LogP contribution is -2.47. The van der Waals surface area contributed by atoms with E-state index in [1.165, 1.54) is 0 Å². The largest absolute Gasteiger partial charge is 0.480 e. The standard InChI is InChI=1S/C9H17N3O8P2/c1-3-6(21(15,16)17)11-9(10)12(5-8(13)14)7(4-2)22(18,19)20/h3-4,6-7H,1-2,5H2,(H2,10,11)(H,13,14)(H2,15,16,17)(H2,18,19,20). The zero-order chi connectivity index (χ0) is 17.7. The van der Waals surface area contributed by atoms with Crippen LogP contribution in [0.2, 0.25) is 0 Å². The van der Waals surface area contributed by atoms with Crippen LogP contribution in [0.25, 0.3) is 0 Å². The molecule has 2 unspecified atom stereocenters. The summed E-state index contributed by atoms with van der Waals surface area (Å²) in [5.74, 6) is -5.89. The maximum absolute atomic E-state index is 11.3. The van der Waals surface area contributed by atoms with E-state index in [4.69, 9.17) is 20.6 Å². The summed E-state index contributed by atoms with van der Waals surface area (Å²) in [7, 11) is -9.63. The van der Waals surface area contributed by atoms with E-state index in [0.717, 1.165) is 12.2 Å². The Kier molecular flexibility index (Phi) is 7.17. The van der Waals surface area contributed by atoms with E-state index in [1.807, 2.05) is 0 Å². The van der Waals surface area contributed by atoms with Crippen LogP contribution in [0.3, 0.4) is 0 Å². The summed E-state index contributed by atoms with van der Waals surface area (Å²) < 4.78 is 22.5. The molecule has 0 saturated carbocycles. The van der Waals surface area contributed by atoms with Gasteiger partial charge in [0.1, 0.15) is 6.54 Å². The van der Waals surface area contributed by atoms with Gasteiger partial charge >= 0.3 is 21.2 Å². The molecule has 22 heavy (non-hydrogen) atoms. The molecule has 0 saturated heterocycles. The molecule has 0 radical (unpaired) electrons. The van der Waals surface area contributed by atoms with E-state index < -0.39 is 45.2 Å². The van der Waals surface area contributed by atoms with E-state index in [9.17, 15) is 23.7 Å². The maximum Gasteiger partial charge on any atom is 0.353 e. The number of aliphatic carboxylic acids is 1. The van der Waals surface area contributed by atoms with E-state index >= 15 is 0 Å². The number of hydrogen-bond donors (Lipinski definition) is 6. The second-order valence-electron chi connectivity index (χ2n) is 3.99. The van der Waals surface area contributed by atoms with Crippen molar-refractivity contribution in [3.63, 3.8) is 0 Å². The average Bonchev–Trinajstić information content (AvgIpc) is 2.31. The molecule has 0 spiro atoms. The Morgan fingerprint density at radius 3 is 1.95 bits per heavy atom. The van der Waals surface area contributed by atoms with Crippen molar-refractivity contribution in [3.8, 4) is 0 Å². The summed E-state index contributed by atoms with van der Waals surface area (Å²) in [6, 6.07) is 0. The molecule has 0 aliphatic heterocycles. The summed E-state index contributed by atoms with van der Waals surface area (Å²) in [4.78, 5) is 51.1. The molecule has 126 valence electrons. The second-order valence-corrected chi connectivity index (χ2v) is 7.40. The number of guanidine groups is 1. The SMILES string of the molecule is C=CC(N=C(N)N(CC(=O)O)C(C=C)P(=O)(O)O)P(=O)(O)O. The Bertz CT molecular complexity index is 565. The number of carboxylic acid groups (broad SMARTS) is 1. The monoisotopic (exact) mass is 357 g/mol. The van der Waals surface area contributed by atoms with E-state index in [1.54, 1.807) is 0 Å². The Balaban J connectivity index is 5.84. The minimum atomic E-state index is -4.87. The van der Waals surface area contributed by atoms with Crippen molar-refractivity contribution >= 4 is 27.1 Å². The van der Waals surface area contributed by atoms with Gasteiger partial charge in [-0.15, -0.1) is 13.2 Å². The summed E-state index contributed by atoms with van der Waals surface area (Å²) in [5.41, 5.74) is 5.44. The van der Waals surface area contributed by atoms with Crippen molar-refractivity contribution in [2.75, 3.05) is 6.54 Å². The molecule has 0 amide bonds. The highest BCUT2D eigenvalue weighted by atomic mass is 31.2. The fraction of sp³-hybridized carbons (Fsp3) is 0.333. The summed E-state index contributed by atoms with van der Waals surface area (Å²) in [5, 5.41) is 8.78. The lowest BCUT2D eigenvalue weighted by atomic mass is 10.4. The molecule has 2 atom stereocenters. The van der Waals surface area contributed by atoms with E-state index in [0.29, 0.717) is 4.90 Å². The van der Waals surface area contributed by atoms with E-state index in [-0.39, 0.29) is 0 Å².